The van der Waals surface area contributed by atoms with E-state index < -0.39 is 17.9 Å². The molecule has 0 aliphatic heterocycles. The van der Waals surface area contributed by atoms with Crippen LogP contribution in [0.25, 0.3) is 22.3 Å². The largest absolute Gasteiger partial charge is 0.489 e. The zero-order valence-electron chi connectivity index (χ0n) is 24.5. The van der Waals surface area contributed by atoms with Crippen LogP contribution in [0.2, 0.25) is 0 Å². The highest BCUT2D eigenvalue weighted by atomic mass is 16.6. The minimum Gasteiger partial charge on any atom is -0.489 e. The molecule has 0 aliphatic carbocycles. The Labute approximate surface area is 246 Å². The molecule has 0 N–H and O–H groups in total. The minimum absolute atomic E-state index is 0.0183. The van der Waals surface area contributed by atoms with Crippen LogP contribution < -0.4 is 9.47 Å². The normalized spacial score (nSPS) is 10.5. The third kappa shape index (κ3) is 8.65. The first-order valence-corrected chi connectivity index (χ1v) is 13.5. The Morgan fingerprint density at radius 2 is 1.36 bits per heavy atom. The maximum atomic E-state index is 12.6. The Balaban J connectivity index is 1.90. The van der Waals surface area contributed by atoms with E-state index in [2.05, 4.69) is 26.1 Å². The van der Waals surface area contributed by atoms with Crippen molar-refractivity contribution in [1.29, 1.82) is 0 Å². The summed E-state index contributed by atoms with van der Waals surface area (Å²) in [4.78, 5) is 36.2. The quantitative estimate of drug-likeness (QED) is 0.0952. The first-order chi connectivity index (χ1) is 20.1. The van der Waals surface area contributed by atoms with Crippen molar-refractivity contribution >= 4 is 17.9 Å². The first kappa shape index (κ1) is 31.8. The molecule has 0 aliphatic rings. The van der Waals surface area contributed by atoms with Crippen molar-refractivity contribution in [3.63, 3.8) is 0 Å². The summed E-state index contributed by atoms with van der Waals surface area (Å²) < 4.78 is 26.7. The number of rotatable bonds is 14. The van der Waals surface area contributed by atoms with Gasteiger partial charge in [0.05, 0.1) is 12.2 Å². The number of aryl methyl sites for hydroxylation is 1. The lowest BCUT2D eigenvalue weighted by molar-refractivity contribution is -0.139. The predicted molar refractivity (Wildman–Crippen MR) is 161 cm³/mol. The number of carbonyl (C=O) groups excluding carboxylic acids is 3. The van der Waals surface area contributed by atoms with E-state index in [1.807, 2.05) is 24.3 Å². The van der Waals surface area contributed by atoms with E-state index in [-0.39, 0.29) is 26.4 Å². The van der Waals surface area contributed by atoms with E-state index in [9.17, 15) is 14.4 Å². The molecule has 8 nitrogen and oxygen atoms in total. The van der Waals surface area contributed by atoms with Gasteiger partial charge < -0.3 is 23.7 Å². The van der Waals surface area contributed by atoms with E-state index in [0.29, 0.717) is 28.2 Å². The number of hydrogen-bond donors (Lipinski definition) is 0. The van der Waals surface area contributed by atoms with Gasteiger partial charge in [-0.3, -0.25) is 0 Å². The molecule has 0 spiro atoms. The van der Waals surface area contributed by atoms with Gasteiger partial charge in [0.2, 0.25) is 0 Å². The van der Waals surface area contributed by atoms with Crippen LogP contribution >= 0.6 is 0 Å². The molecule has 0 aromatic heterocycles. The van der Waals surface area contributed by atoms with Crippen LogP contribution in [-0.2, 0) is 30.2 Å². The summed E-state index contributed by atoms with van der Waals surface area (Å²) in [6.45, 7) is 12.9. The standard InChI is InChI=1S/C34H36O8/c1-7-24-20-26(10-14-29(24)25-8-12-28(13-9-25)42-33(36)23(4)5)30-15-11-27(34(37)41-17-16-38-6)21-31(30)39-18-19-40-32(35)22(2)3/h8-15,20-21H,2,4,7,16-19H2,1,3,5-6H3. The second-order valence-corrected chi connectivity index (χ2v) is 9.52. The molecule has 0 heterocycles. The Kier molecular flexibility index (Phi) is 11.6. The van der Waals surface area contributed by atoms with Gasteiger partial charge in [0, 0.05) is 23.8 Å². The summed E-state index contributed by atoms with van der Waals surface area (Å²) in [5.41, 5.74) is 5.69. The summed E-state index contributed by atoms with van der Waals surface area (Å²) in [6.07, 6.45) is 0.756. The SMILES string of the molecule is C=C(C)C(=O)OCCOc1cc(C(=O)OCCOC)ccc1-c1ccc(-c2ccc(OC(=O)C(=C)C)cc2)c(CC)c1. The number of esters is 3. The molecule has 0 bridgehead atoms. The molecule has 3 aromatic carbocycles. The number of benzene rings is 3. The van der Waals surface area contributed by atoms with Gasteiger partial charge in [0.15, 0.2) is 0 Å². The summed E-state index contributed by atoms with van der Waals surface area (Å²) in [7, 11) is 1.53. The number of methoxy groups -OCH3 is 1. The molecule has 0 radical (unpaired) electrons. The van der Waals surface area contributed by atoms with Crippen LogP contribution in [0.5, 0.6) is 11.5 Å². The van der Waals surface area contributed by atoms with E-state index in [4.69, 9.17) is 23.7 Å². The molecule has 0 amide bonds. The van der Waals surface area contributed by atoms with Crippen molar-refractivity contribution in [1.82, 2.24) is 0 Å². The average molecular weight is 573 g/mol. The molecule has 0 atom stereocenters. The van der Waals surface area contributed by atoms with Gasteiger partial charge in [-0.2, -0.15) is 0 Å². The van der Waals surface area contributed by atoms with Crippen LogP contribution in [0, 0.1) is 0 Å². The molecule has 220 valence electrons. The van der Waals surface area contributed by atoms with Crippen molar-refractivity contribution in [2.75, 3.05) is 33.5 Å². The fourth-order valence-electron chi connectivity index (χ4n) is 3.95. The summed E-state index contributed by atoms with van der Waals surface area (Å²) in [5, 5.41) is 0. The Bertz CT molecular complexity index is 1450. The maximum absolute atomic E-state index is 12.6. The molecule has 3 aromatic rings. The molecule has 0 unspecified atom stereocenters. The van der Waals surface area contributed by atoms with Crippen molar-refractivity contribution < 1.29 is 38.1 Å². The molecular weight excluding hydrogens is 536 g/mol. The molecular formula is C34H36O8. The molecule has 3 rings (SSSR count). The van der Waals surface area contributed by atoms with E-state index in [0.717, 1.165) is 34.2 Å². The van der Waals surface area contributed by atoms with Crippen molar-refractivity contribution in [2.45, 2.75) is 27.2 Å². The van der Waals surface area contributed by atoms with Crippen LogP contribution in [0.1, 0.15) is 36.7 Å². The second-order valence-electron chi connectivity index (χ2n) is 9.52. The van der Waals surface area contributed by atoms with Crippen LogP contribution in [0.3, 0.4) is 0 Å². The highest BCUT2D eigenvalue weighted by molar-refractivity contribution is 5.92. The van der Waals surface area contributed by atoms with Crippen molar-refractivity contribution in [3.05, 3.63) is 96.1 Å². The van der Waals surface area contributed by atoms with Gasteiger partial charge in [-0.1, -0.05) is 50.4 Å². The van der Waals surface area contributed by atoms with Gasteiger partial charge in [-0.05, 0) is 72.9 Å². The van der Waals surface area contributed by atoms with Gasteiger partial charge in [0.1, 0.15) is 31.3 Å². The Morgan fingerprint density at radius 1 is 0.714 bits per heavy atom. The fourth-order valence-corrected chi connectivity index (χ4v) is 3.95. The molecule has 42 heavy (non-hydrogen) atoms. The lowest BCUT2D eigenvalue weighted by atomic mass is 9.93. The monoisotopic (exact) mass is 572 g/mol. The van der Waals surface area contributed by atoms with Crippen LogP contribution in [0.4, 0.5) is 0 Å². The van der Waals surface area contributed by atoms with E-state index in [1.165, 1.54) is 7.11 Å². The summed E-state index contributed by atoms with van der Waals surface area (Å²) in [6, 6.07) is 18.5. The first-order valence-electron chi connectivity index (χ1n) is 13.5. The van der Waals surface area contributed by atoms with Gasteiger partial charge >= 0.3 is 17.9 Å². The van der Waals surface area contributed by atoms with Crippen LogP contribution in [-0.4, -0.2) is 51.4 Å². The summed E-state index contributed by atoms with van der Waals surface area (Å²) >= 11 is 0. The van der Waals surface area contributed by atoms with E-state index in [1.54, 1.807) is 44.2 Å². The lowest BCUT2D eigenvalue weighted by Gasteiger charge is -2.16. The number of hydrogen-bond acceptors (Lipinski definition) is 8. The highest BCUT2D eigenvalue weighted by Gasteiger charge is 2.16. The van der Waals surface area contributed by atoms with Crippen molar-refractivity contribution in [2.24, 2.45) is 0 Å². The zero-order valence-corrected chi connectivity index (χ0v) is 24.5. The topological polar surface area (TPSA) is 97.4 Å². The van der Waals surface area contributed by atoms with E-state index >= 15 is 0 Å². The molecule has 8 heteroatoms. The van der Waals surface area contributed by atoms with Gasteiger partial charge in [-0.15, -0.1) is 0 Å². The smallest absolute Gasteiger partial charge is 0.338 e. The maximum Gasteiger partial charge on any atom is 0.338 e. The van der Waals surface area contributed by atoms with Gasteiger partial charge in [0.25, 0.3) is 0 Å². The molecule has 0 saturated heterocycles. The summed E-state index contributed by atoms with van der Waals surface area (Å²) in [5.74, 6) is -0.583. The highest BCUT2D eigenvalue weighted by Crippen LogP contribution is 2.35. The van der Waals surface area contributed by atoms with Crippen molar-refractivity contribution in [3.8, 4) is 33.8 Å². The lowest BCUT2D eigenvalue weighted by Crippen LogP contribution is -2.13. The predicted octanol–water partition coefficient (Wildman–Crippen LogP) is 6.37. The number of ether oxygens (including phenoxy) is 5. The average Bonchev–Trinajstić information content (AvgIpc) is 2.99. The Morgan fingerprint density at radius 3 is 2.00 bits per heavy atom. The molecule has 0 saturated carbocycles. The van der Waals surface area contributed by atoms with Gasteiger partial charge in [-0.25, -0.2) is 14.4 Å². The third-order valence-corrected chi connectivity index (χ3v) is 6.18. The third-order valence-electron chi connectivity index (χ3n) is 6.18. The number of carbonyl (C=O) groups is 3. The second kappa shape index (κ2) is 15.3. The van der Waals surface area contributed by atoms with Crippen LogP contribution in [0.15, 0.2) is 85.0 Å². The minimum atomic E-state index is -0.501. The fraction of sp³-hybridized carbons (Fsp3) is 0.265. The zero-order chi connectivity index (χ0) is 30.6. The Hall–Kier alpha value is -4.69. The molecule has 0 fully saturated rings.